The van der Waals surface area contributed by atoms with Crippen molar-refractivity contribution in [2.75, 3.05) is 5.32 Å². The molecular weight excluding hydrogens is 463 g/mol. The molecule has 0 fully saturated rings. The van der Waals surface area contributed by atoms with Gasteiger partial charge < -0.3 is 14.5 Å². The van der Waals surface area contributed by atoms with Crippen LogP contribution in [0.5, 0.6) is 5.75 Å². The molecular formula is C20H14F3N5O4S. The number of Topliss-reactive ketones (excluding diaryl/α,β-unsaturated/α-hetero) is 1. The maximum atomic E-state index is 12.7. The Kier molecular flexibility index (Phi) is 5.96. The van der Waals surface area contributed by atoms with Crippen LogP contribution in [-0.2, 0) is 6.54 Å². The van der Waals surface area contributed by atoms with Crippen molar-refractivity contribution in [3.63, 3.8) is 0 Å². The Balaban J connectivity index is 1.47. The number of carbonyl (C=O) groups is 2. The number of rotatable bonds is 7. The molecule has 3 aromatic heterocycles. The molecule has 0 bridgehead atoms. The van der Waals surface area contributed by atoms with Crippen molar-refractivity contribution in [1.29, 1.82) is 0 Å². The number of aromatic nitrogens is 4. The molecule has 0 unspecified atom stereocenters. The van der Waals surface area contributed by atoms with E-state index in [1.165, 1.54) is 35.1 Å². The first-order chi connectivity index (χ1) is 15.7. The molecule has 0 radical (unpaired) electrons. The number of alkyl halides is 3. The largest absolute Gasteiger partial charge is 0.573 e. The van der Waals surface area contributed by atoms with Gasteiger partial charge in [-0.1, -0.05) is 12.1 Å². The van der Waals surface area contributed by atoms with Gasteiger partial charge in [0.15, 0.2) is 29.4 Å². The second kappa shape index (κ2) is 8.86. The molecule has 1 N–H and O–H groups in total. The average molecular weight is 477 g/mol. The van der Waals surface area contributed by atoms with Gasteiger partial charge in [-0.05, 0) is 12.1 Å². The highest BCUT2D eigenvalue weighted by molar-refractivity contribution is 7.09. The summed E-state index contributed by atoms with van der Waals surface area (Å²) in [6.45, 7) is 1.73. The fraction of sp³-hybridized carbons (Fsp3) is 0.150. The Hall–Kier alpha value is -4.00. The zero-order chi connectivity index (χ0) is 23.6. The average Bonchev–Trinajstić information content (AvgIpc) is 3.48. The first kappa shape index (κ1) is 22.2. The number of benzene rings is 1. The molecule has 0 aliphatic rings. The van der Waals surface area contributed by atoms with E-state index < -0.39 is 18.0 Å². The molecule has 0 aliphatic carbocycles. The summed E-state index contributed by atoms with van der Waals surface area (Å²) in [6, 6.07) is 6.55. The number of carbonyl (C=O) groups excluding carboxylic acids is 2. The van der Waals surface area contributed by atoms with Gasteiger partial charge in [0.05, 0.1) is 6.54 Å². The minimum Gasteiger partial charge on any atom is -0.443 e. The fourth-order valence-corrected chi connectivity index (χ4v) is 3.65. The first-order valence-corrected chi connectivity index (χ1v) is 10.2. The van der Waals surface area contributed by atoms with Crippen LogP contribution in [0.4, 0.5) is 19.0 Å². The minimum absolute atomic E-state index is 0.0286. The predicted molar refractivity (Wildman–Crippen MR) is 110 cm³/mol. The molecule has 0 atom stereocenters. The van der Waals surface area contributed by atoms with Crippen LogP contribution in [-0.4, -0.2) is 37.8 Å². The van der Waals surface area contributed by atoms with Crippen molar-refractivity contribution in [2.24, 2.45) is 0 Å². The van der Waals surface area contributed by atoms with Crippen molar-refractivity contribution in [2.45, 2.75) is 19.8 Å². The van der Waals surface area contributed by atoms with Crippen LogP contribution in [0.15, 0.2) is 52.7 Å². The van der Waals surface area contributed by atoms with Crippen molar-refractivity contribution < 1.29 is 31.9 Å². The Morgan fingerprint density at radius 3 is 2.82 bits per heavy atom. The van der Waals surface area contributed by atoms with Gasteiger partial charge in [-0.2, -0.15) is 5.10 Å². The van der Waals surface area contributed by atoms with Crippen molar-refractivity contribution in [3.05, 3.63) is 64.7 Å². The minimum atomic E-state index is -4.86. The van der Waals surface area contributed by atoms with E-state index in [1.807, 2.05) is 0 Å². The van der Waals surface area contributed by atoms with Gasteiger partial charge in [-0.25, -0.2) is 9.97 Å². The highest BCUT2D eigenvalue weighted by Crippen LogP contribution is 2.30. The quantitative estimate of drug-likeness (QED) is 0.393. The van der Waals surface area contributed by atoms with Gasteiger partial charge in [0.1, 0.15) is 16.5 Å². The third-order valence-corrected chi connectivity index (χ3v) is 5.04. The highest BCUT2D eigenvalue weighted by atomic mass is 32.1. The summed E-state index contributed by atoms with van der Waals surface area (Å²) in [6.07, 6.45) is -2.23. The molecule has 1 aromatic carbocycles. The number of ketones is 1. The smallest absolute Gasteiger partial charge is 0.443 e. The molecule has 4 rings (SSSR count). The van der Waals surface area contributed by atoms with Gasteiger partial charge in [-0.15, -0.1) is 24.5 Å². The maximum absolute atomic E-state index is 12.7. The lowest BCUT2D eigenvalue weighted by Gasteiger charge is -2.09. The Morgan fingerprint density at radius 2 is 2.09 bits per heavy atom. The first-order valence-electron chi connectivity index (χ1n) is 9.28. The van der Waals surface area contributed by atoms with Crippen LogP contribution in [0, 0.1) is 0 Å². The van der Waals surface area contributed by atoms with Crippen LogP contribution >= 0.6 is 11.3 Å². The molecule has 170 valence electrons. The van der Waals surface area contributed by atoms with Gasteiger partial charge in [-0.3, -0.25) is 14.3 Å². The molecule has 0 aliphatic heterocycles. The zero-order valence-electron chi connectivity index (χ0n) is 16.8. The number of amides is 1. The summed E-state index contributed by atoms with van der Waals surface area (Å²) < 4.78 is 48.1. The lowest BCUT2D eigenvalue weighted by molar-refractivity contribution is -0.274. The molecule has 1 amide bonds. The summed E-state index contributed by atoms with van der Waals surface area (Å²) in [5.41, 5.74) is 0.411. The van der Waals surface area contributed by atoms with Gasteiger partial charge in [0.2, 0.25) is 0 Å². The second-order valence-corrected chi connectivity index (χ2v) is 7.58. The molecule has 0 spiro atoms. The molecule has 13 heteroatoms. The zero-order valence-corrected chi connectivity index (χ0v) is 17.6. The Labute approximate surface area is 187 Å². The number of nitrogens with zero attached hydrogens (tertiary/aromatic N) is 4. The normalized spacial score (nSPS) is 11.4. The third kappa shape index (κ3) is 5.44. The third-order valence-electron chi connectivity index (χ3n) is 4.20. The molecule has 0 saturated carbocycles. The predicted octanol–water partition coefficient (Wildman–Crippen LogP) is 4.40. The van der Waals surface area contributed by atoms with E-state index in [4.69, 9.17) is 4.42 Å². The highest BCUT2D eigenvalue weighted by Gasteiger charge is 2.31. The van der Waals surface area contributed by atoms with E-state index in [-0.39, 0.29) is 28.6 Å². The molecule has 4 aromatic rings. The number of hydrogen-bond acceptors (Lipinski definition) is 8. The van der Waals surface area contributed by atoms with Gasteiger partial charge in [0.25, 0.3) is 5.91 Å². The van der Waals surface area contributed by atoms with E-state index in [1.54, 1.807) is 17.6 Å². The van der Waals surface area contributed by atoms with Gasteiger partial charge >= 0.3 is 6.36 Å². The fourth-order valence-electron chi connectivity index (χ4n) is 2.82. The Bertz CT molecular complexity index is 1310. The van der Waals surface area contributed by atoms with Crippen molar-refractivity contribution in [1.82, 2.24) is 19.7 Å². The van der Waals surface area contributed by atoms with E-state index >= 15 is 0 Å². The van der Waals surface area contributed by atoms with E-state index in [0.717, 1.165) is 18.5 Å². The number of thiazole rings is 1. The SMILES string of the molecule is CC(=O)c1csc(Cn2ccc(NC(=O)c3ncoc3-c3cccc(OC(F)(F)F)c3)n2)n1. The van der Waals surface area contributed by atoms with Crippen LogP contribution < -0.4 is 10.1 Å². The van der Waals surface area contributed by atoms with Crippen LogP contribution in [0.1, 0.15) is 32.9 Å². The van der Waals surface area contributed by atoms with E-state index in [0.29, 0.717) is 17.2 Å². The maximum Gasteiger partial charge on any atom is 0.573 e. The summed E-state index contributed by atoms with van der Waals surface area (Å²) >= 11 is 1.31. The molecule has 0 saturated heterocycles. The number of oxazole rings is 1. The summed E-state index contributed by atoms with van der Waals surface area (Å²) in [4.78, 5) is 32.1. The standard InChI is InChI=1S/C20H14F3N5O4S/c1-11(29)14-9-33-16(25-14)8-28-6-5-15(27-28)26-19(30)17-18(31-10-24-17)12-3-2-4-13(7-12)32-20(21,22)23/h2-7,9-10H,8H2,1H3,(H,26,27,30). The van der Waals surface area contributed by atoms with Crippen molar-refractivity contribution >= 4 is 28.8 Å². The summed E-state index contributed by atoms with van der Waals surface area (Å²) in [5, 5.41) is 9.12. The van der Waals surface area contributed by atoms with E-state index in [2.05, 4.69) is 25.1 Å². The van der Waals surface area contributed by atoms with Crippen molar-refractivity contribution in [3.8, 4) is 17.1 Å². The number of ether oxygens (including phenoxy) is 1. The summed E-state index contributed by atoms with van der Waals surface area (Å²) in [5.74, 6) is -1.08. The number of halogens is 3. The van der Waals surface area contributed by atoms with Crippen LogP contribution in [0.2, 0.25) is 0 Å². The monoisotopic (exact) mass is 477 g/mol. The van der Waals surface area contributed by atoms with E-state index in [9.17, 15) is 22.8 Å². The van der Waals surface area contributed by atoms with Crippen LogP contribution in [0.25, 0.3) is 11.3 Å². The second-order valence-electron chi connectivity index (χ2n) is 6.64. The van der Waals surface area contributed by atoms with Gasteiger partial charge in [0, 0.05) is 30.1 Å². The molecule has 3 heterocycles. The molecule has 33 heavy (non-hydrogen) atoms. The Morgan fingerprint density at radius 1 is 1.27 bits per heavy atom. The lowest BCUT2D eigenvalue weighted by atomic mass is 10.1. The van der Waals surface area contributed by atoms with Crippen LogP contribution in [0.3, 0.4) is 0 Å². The summed E-state index contributed by atoms with van der Waals surface area (Å²) in [7, 11) is 0. The molecule has 9 nitrogen and oxygen atoms in total. The number of anilines is 1. The lowest BCUT2D eigenvalue weighted by Crippen LogP contribution is -2.17. The number of hydrogen-bond donors (Lipinski definition) is 1. The topological polar surface area (TPSA) is 112 Å². The number of nitrogens with one attached hydrogen (secondary N) is 1.